The SMILES string of the molecule is C=C(O)Nc1cccc(CNC(C)=O)c1. The van der Waals surface area contributed by atoms with E-state index in [-0.39, 0.29) is 11.8 Å². The van der Waals surface area contributed by atoms with Crippen LogP contribution in [0.25, 0.3) is 0 Å². The van der Waals surface area contributed by atoms with Crippen molar-refractivity contribution in [1.29, 1.82) is 0 Å². The van der Waals surface area contributed by atoms with E-state index >= 15 is 0 Å². The number of carbonyl (C=O) groups is 1. The third-order valence-electron chi connectivity index (χ3n) is 1.76. The molecule has 0 saturated carbocycles. The molecule has 15 heavy (non-hydrogen) atoms. The van der Waals surface area contributed by atoms with Gasteiger partial charge in [-0.15, -0.1) is 0 Å². The first kappa shape index (κ1) is 11.1. The Labute approximate surface area is 88.6 Å². The van der Waals surface area contributed by atoms with Crippen LogP contribution in [-0.4, -0.2) is 11.0 Å². The molecule has 0 fully saturated rings. The van der Waals surface area contributed by atoms with Crippen molar-refractivity contribution in [3.05, 3.63) is 42.3 Å². The summed E-state index contributed by atoms with van der Waals surface area (Å²) in [7, 11) is 0. The van der Waals surface area contributed by atoms with Crippen molar-refractivity contribution >= 4 is 11.6 Å². The minimum atomic E-state index is -0.105. The molecule has 0 unspecified atom stereocenters. The molecule has 1 aromatic rings. The average Bonchev–Trinajstić information content (AvgIpc) is 2.14. The second-order valence-electron chi connectivity index (χ2n) is 3.18. The zero-order valence-corrected chi connectivity index (χ0v) is 8.58. The molecule has 0 aliphatic heterocycles. The van der Waals surface area contributed by atoms with Crippen molar-refractivity contribution in [1.82, 2.24) is 5.32 Å². The summed E-state index contributed by atoms with van der Waals surface area (Å²) in [6.07, 6.45) is 0. The Morgan fingerprint density at radius 1 is 1.53 bits per heavy atom. The molecule has 1 amide bonds. The number of nitrogens with one attached hydrogen (secondary N) is 2. The fourth-order valence-electron chi connectivity index (χ4n) is 1.15. The van der Waals surface area contributed by atoms with E-state index in [0.29, 0.717) is 6.54 Å². The van der Waals surface area contributed by atoms with Gasteiger partial charge in [0.1, 0.15) is 0 Å². The Morgan fingerprint density at radius 3 is 2.87 bits per heavy atom. The second kappa shape index (κ2) is 5.05. The van der Waals surface area contributed by atoms with Crippen molar-refractivity contribution < 1.29 is 9.90 Å². The molecule has 4 heteroatoms. The van der Waals surface area contributed by atoms with Crippen LogP contribution in [0.15, 0.2) is 36.7 Å². The molecule has 3 N–H and O–H groups in total. The summed E-state index contributed by atoms with van der Waals surface area (Å²) >= 11 is 0. The van der Waals surface area contributed by atoms with Gasteiger partial charge < -0.3 is 15.7 Å². The monoisotopic (exact) mass is 206 g/mol. The average molecular weight is 206 g/mol. The van der Waals surface area contributed by atoms with Gasteiger partial charge in [-0.2, -0.15) is 0 Å². The van der Waals surface area contributed by atoms with E-state index in [0.717, 1.165) is 11.3 Å². The van der Waals surface area contributed by atoms with Gasteiger partial charge in [0, 0.05) is 19.2 Å². The fourth-order valence-corrected chi connectivity index (χ4v) is 1.15. The van der Waals surface area contributed by atoms with Crippen LogP contribution in [0.5, 0.6) is 0 Å². The van der Waals surface area contributed by atoms with E-state index in [4.69, 9.17) is 5.11 Å². The third kappa shape index (κ3) is 4.17. The molecule has 0 saturated heterocycles. The highest BCUT2D eigenvalue weighted by Gasteiger charge is 1.97. The van der Waals surface area contributed by atoms with Gasteiger partial charge in [0.15, 0.2) is 5.88 Å². The largest absolute Gasteiger partial charge is 0.495 e. The number of amides is 1. The topological polar surface area (TPSA) is 61.4 Å². The highest BCUT2D eigenvalue weighted by atomic mass is 16.3. The van der Waals surface area contributed by atoms with Gasteiger partial charge in [0.2, 0.25) is 5.91 Å². The molecule has 0 aliphatic rings. The van der Waals surface area contributed by atoms with Crippen LogP contribution in [0, 0.1) is 0 Å². The van der Waals surface area contributed by atoms with E-state index in [1.54, 1.807) is 6.07 Å². The van der Waals surface area contributed by atoms with Gasteiger partial charge in [0.05, 0.1) is 0 Å². The number of hydrogen-bond acceptors (Lipinski definition) is 3. The molecule has 80 valence electrons. The van der Waals surface area contributed by atoms with Gasteiger partial charge in [-0.25, -0.2) is 0 Å². The molecule has 4 nitrogen and oxygen atoms in total. The number of anilines is 1. The van der Waals surface area contributed by atoms with Crippen molar-refractivity contribution in [3.63, 3.8) is 0 Å². The van der Waals surface area contributed by atoms with Crippen LogP contribution in [0.1, 0.15) is 12.5 Å². The van der Waals surface area contributed by atoms with E-state index in [2.05, 4.69) is 17.2 Å². The molecule has 0 bridgehead atoms. The Balaban J connectivity index is 2.65. The summed E-state index contributed by atoms with van der Waals surface area (Å²) in [5.41, 5.74) is 1.70. The highest BCUT2D eigenvalue weighted by molar-refractivity contribution is 5.72. The van der Waals surface area contributed by atoms with Crippen LogP contribution < -0.4 is 10.6 Å². The number of hydrogen-bond donors (Lipinski definition) is 3. The number of rotatable bonds is 4. The maximum absolute atomic E-state index is 10.7. The van der Waals surface area contributed by atoms with Crippen molar-refractivity contribution in [2.75, 3.05) is 5.32 Å². The number of benzene rings is 1. The first-order chi connectivity index (χ1) is 7.08. The van der Waals surface area contributed by atoms with Crippen molar-refractivity contribution in [2.24, 2.45) is 0 Å². The Bertz CT molecular complexity index is 375. The number of aliphatic hydroxyl groups excluding tert-OH is 1. The van der Waals surface area contributed by atoms with Crippen molar-refractivity contribution in [3.8, 4) is 0 Å². The van der Waals surface area contributed by atoms with Gasteiger partial charge in [0.25, 0.3) is 0 Å². The van der Waals surface area contributed by atoms with Crippen LogP contribution in [0.3, 0.4) is 0 Å². The molecule has 1 aromatic carbocycles. The molecule has 0 heterocycles. The lowest BCUT2D eigenvalue weighted by Crippen LogP contribution is -2.18. The predicted molar refractivity (Wildman–Crippen MR) is 59.4 cm³/mol. The minimum Gasteiger partial charge on any atom is -0.495 e. The van der Waals surface area contributed by atoms with E-state index in [1.807, 2.05) is 18.2 Å². The molecule has 0 radical (unpaired) electrons. The Hall–Kier alpha value is -1.97. The Morgan fingerprint density at radius 2 is 2.27 bits per heavy atom. The summed E-state index contributed by atoms with van der Waals surface area (Å²) in [6, 6.07) is 7.36. The fraction of sp³-hybridized carbons (Fsp3) is 0.182. The molecule has 0 aromatic heterocycles. The minimum absolute atomic E-state index is 0.0695. The van der Waals surface area contributed by atoms with Crippen LogP contribution in [-0.2, 0) is 11.3 Å². The smallest absolute Gasteiger partial charge is 0.217 e. The number of aliphatic hydroxyl groups is 1. The predicted octanol–water partition coefficient (Wildman–Crippen LogP) is 1.76. The maximum Gasteiger partial charge on any atom is 0.217 e. The molecular formula is C11H14N2O2. The summed E-state index contributed by atoms with van der Waals surface area (Å²) in [4.78, 5) is 10.7. The zero-order chi connectivity index (χ0) is 11.3. The molecule has 0 spiro atoms. The van der Waals surface area contributed by atoms with Gasteiger partial charge in [-0.05, 0) is 24.3 Å². The summed E-state index contributed by atoms with van der Waals surface area (Å²) < 4.78 is 0. The van der Waals surface area contributed by atoms with Gasteiger partial charge in [-0.3, -0.25) is 4.79 Å². The lowest BCUT2D eigenvalue weighted by Gasteiger charge is -2.07. The molecule has 1 rings (SSSR count). The lowest BCUT2D eigenvalue weighted by atomic mass is 10.2. The Kier molecular flexibility index (Phi) is 3.74. The second-order valence-corrected chi connectivity index (χ2v) is 3.18. The maximum atomic E-state index is 10.7. The lowest BCUT2D eigenvalue weighted by molar-refractivity contribution is -0.119. The summed E-state index contributed by atoms with van der Waals surface area (Å²) in [6.45, 7) is 5.27. The van der Waals surface area contributed by atoms with Crippen LogP contribution in [0.2, 0.25) is 0 Å². The normalized spacial score (nSPS) is 9.40. The standard InChI is InChI=1S/C11H14N2O2/c1-8(14)12-7-10-4-3-5-11(6-10)13-9(2)15/h3-6,13,15H,2,7H2,1H3,(H,12,14). The van der Waals surface area contributed by atoms with E-state index in [1.165, 1.54) is 6.92 Å². The highest BCUT2D eigenvalue weighted by Crippen LogP contribution is 2.11. The van der Waals surface area contributed by atoms with Crippen molar-refractivity contribution in [2.45, 2.75) is 13.5 Å². The van der Waals surface area contributed by atoms with E-state index in [9.17, 15) is 4.79 Å². The molecule has 0 aliphatic carbocycles. The summed E-state index contributed by atoms with van der Waals surface area (Å²) in [5, 5.41) is 14.3. The quantitative estimate of drug-likeness (QED) is 0.658. The van der Waals surface area contributed by atoms with E-state index < -0.39 is 0 Å². The first-order valence-electron chi connectivity index (χ1n) is 4.56. The number of carbonyl (C=O) groups excluding carboxylic acids is 1. The molecule has 0 atom stereocenters. The third-order valence-corrected chi connectivity index (χ3v) is 1.76. The molecular weight excluding hydrogens is 192 g/mol. The van der Waals surface area contributed by atoms with Crippen LogP contribution in [0.4, 0.5) is 5.69 Å². The van der Waals surface area contributed by atoms with Gasteiger partial charge >= 0.3 is 0 Å². The van der Waals surface area contributed by atoms with Gasteiger partial charge in [-0.1, -0.05) is 12.1 Å². The first-order valence-corrected chi connectivity index (χ1v) is 4.56. The van der Waals surface area contributed by atoms with Crippen LogP contribution >= 0.6 is 0 Å². The summed E-state index contributed by atoms with van der Waals surface area (Å²) in [5.74, 6) is -0.174. The zero-order valence-electron chi connectivity index (χ0n) is 8.58.